The van der Waals surface area contributed by atoms with Gasteiger partial charge in [-0.3, -0.25) is 9.59 Å². The molecule has 2 fully saturated rings. The molecule has 2 aromatic heterocycles. The molecule has 2 aromatic rings. The number of carbonyl (C=O) groups excluding carboxylic acids is 1. The molecule has 0 aromatic carbocycles. The number of aryl methyl sites for hydroxylation is 3. The number of hydrogen-bond acceptors (Lipinski definition) is 6. The van der Waals surface area contributed by atoms with Crippen LogP contribution in [0.5, 0.6) is 0 Å². The van der Waals surface area contributed by atoms with Gasteiger partial charge in [-0.15, -0.1) is 11.3 Å². The molecule has 2 aliphatic heterocycles. The molecule has 7 nitrogen and oxygen atoms in total. The van der Waals surface area contributed by atoms with Crippen molar-refractivity contribution in [3.8, 4) is 0 Å². The van der Waals surface area contributed by atoms with Gasteiger partial charge in [-0.1, -0.05) is 0 Å². The molecule has 2 atom stereocenters. The molecule has 0 radical (unpaired) electrons. The lowest BCUT2D eigenvalue weighted by atomic mass is 9.77. The number of amides is 1. The van der Waals surface area contributed by atoms with Crippen molar-refractivity contribution in [2.45, 2.75) is 91.0 Å². The minimum atomic E-state index is -0.0841. The topological polar surface area (TPSA) is 77.7 Å². The first-order valence-electron chi connectivity index (χ1n) is 14.0. The zero-order valence-electron chi connectivity index (χ0n) is 23.0. The Hall–Kier alpha value is -2.16. The van der Waals surface area contributed by atoms with E-state index in [1.54, 1.807) is 0 Å². The molecule has 1 saturated carbocycles. The number of H-pyrrole nitrogens is 1. The van der Waals surface area contributed by atoms with Gasteiger partial charge in [0.25, 0.3) is 11.5 Å². The number of nitrogens with one attached hydrogen (secondary N) is 2. The van der Waals surface area contributed by atoms with E-state index < -0.39 is 0 Å². The predicted molar refractivity (Wildman–Crippen MR) is 150 cm³/mol. The second kappa shape index (κ2) is 10.9. The summed E-state index contributed by atoms with van der Waals surface area (Å²) in [6, 6.07) is 3.01. The van der Waals surface area contributed by atoms with Crippen LogP contribution < -0.4 is 15.8 Å². The summed E-state index contributed by atoms with van der Waals surface area (Å²) in [5.41, 5.74) is 4.41. The van der Waals surface area contributed by atoms with Crippen molar-refractivity contribution in [3.63, 3.8) is 0 Å². The fourth-order valence-corrected chi connectivity index (χ4v) is 8.26. The summed E-state index contributed by atoms with van der Waals surface area (Å²) in [4.78, 5) is 35.1. The van der Waals surface area contributed by atoms with Crippen LogP contribution in [0.2, 0.25) is 0 Å². The second-order valence-corrected chi connectivity index (χ2v) is 12.3. The first-order chi connectivity index (χ1) is 17.8. The molecule has 2 N–H and O–H groups in total. The van der Waals surface area contributed by atoms with Crippen LogP contribution in [-0.2, 0) is 17.7 Å². The van der Waals surface area contributed by atoms with Crippen LogP contribution in [0, 0.1) is 26.7 Å². The molecule has 1 saturated heterocycles. The number of rotatable bonds is 7. The third-order valence-electron chi connectivity index (χ3n) is 8.92. The minimum absolute atomic E-state index is 0.0771. The highest BCUT2D eigenvalue weighted by atomic mass is 32.1. The average molecular weight is 527 g/mol. The summed E-state index contributed by atoms with van der Waals surface area (Å²) in [5.74, 6) is 0.770. The van der Waals surface area contributed by atoms with Crippen molar-refractivity contribution in [1.29, 1.82) is 0 Å². The average Bonchev–Trinajstić information content (AvgIpc) is 3.07. The van der Waals surface area contributed by atoms with Gasteiger partial charge in [-0.25, -0.2) is 0 Å². The molecule has 1 amide bonds. The van der Waals surface area contributed by atoms with Gasteiger partial charge in [-0.2, -0.15) is 0 Å². The second-order valence-electron chi connectivity index (χ2n) is 11.2. The Morgan fingerprint density at radius 2 is 1.92 bits per heavy atom. The number of fused-ring (bicyclic) bond motifs is 1. The van der Waals surface area contributed by atoms with Crippen molar-refractivity contribution < 1.29 is 9.53 Å². The van der Waals surface area contributed by atoms with E-state index in [4.69, 9.17) is 4.74 Å². The third-order valence-corrected chi connectivity index (χ3v) is 10.3. The Morgan fingerprint density at radius 1 is 1.16 bits per heavy atom. The number of pyridine rings is 1. The Kier molecular flexibility index (Phi) is 7.80. The maximum atomic E-state index is 13.9. The lowest BCUT2D eigenvalue weighted by Crippen LogP contribution is -2.62. The number of hydrogen-bond donors (Lipinski definition) is 2. The van der Waals surface area contributed by atoms with Gasteiger partial charge in [-0.05, 0) is 89.3 Å². The zero-order valence-corrected chi connectivity index (χ0v) is 23.8. The monoisotopic (exact) mass is 526 g/mol. The van der Waals surface area contributed by atoms with Gasteiger partial charge < -0.3 is 24.8 Å². The van der Waals surface area contributed by atoms with Crippen LogP contribution in [0.4, 0.5) is 5.00 Å². The lowest BCUT2D eigenvalue weighted by molar-refractivity contribution is -0.0152. The quantitative estimate of drug-likeness (QED) is 0.562. The first kappa shape index (κ1) is 26.4. The summed E-state index contributed by atoms with van der Waals surface area (Å²) >= 11 is 1.83. The Balaban J connectivity index is 1.34. The SMILES string of the molecule is CCN(c1sc2c(c1C)C(=O)N(Cc1c(C)cc(C)[nH]c1=O)CCC2)[C@H]1CC[C@H](C2NCC2OC)CC1. The van der Waals surface area contributed by atoms with Crippen molar-refractivity contribution in [2.75, 3.05) is 31.6 Å². The summed E-state index contributed by atoms with van der Waals surface area (Å²) in [6.07, 6.45) is 7.03. The number of aromatic amines is 1. The number of carbonyl (C=O) groups is 1. The van der Waals surface area contributed by atoms with Crippen LogP contribution >= 0.6 is 11.3 Å². The lowest BCUT2D eigenvalue weighted by Gasteiger charge is -2.46. The number of anilines is 1. The molecule has 4 heterocycles. The summed E-state index contributed by atoms with van der Waals surface area (Å²) in [5, 5.41) is 4.86. The molecule has 37 heavy (non-hydrogen) atoms. The van der Waals surface area contributed by atoms with E-state index in [9.17, 15) is 9.59 Å². The first-order valence-corrected chi connectivity index (χ1v) is 14.8. The van der Waals surface area contributed by atoms with E-state index in [2.05, 4.69) is 29.0 Å². The van der Waals surface area contributed by atoms with Gasteiger partial charge in [0.1, 0.15) is 0 Å². The molecular formula is C29H42N4O3S. The maximum absolute atomic E-state index is 13.9. The van der Waals surface area contributed by atoms with Crippen molar-refractivity contribution in [1.82, 2.24) is 15.2 Å². The number of methoxy groups -OCH3 is 1. The van der Waals surface area contributed by atoms with Gasteiger partial charge >= 0.3 is 0 Å². The molecule has 8 heteroatoms. The van der Waals surface area contributed by atoms with Crippen LogP contribution in [0.1, 0.15) is 76.6 Å². The molecule has 0 spiro atoms. The number of nitrogens with zero attached hydrogens (tertiary/aromatic N) is 2. The van der Waals surface area contributed by atoms with Crippen molar-refractivity contribution >= 4 is 22.2 Å². The largest absolute Gasteiger partial charge is 0.378 e. The normalized spacial score (nSPS) is 26.0. The van der Waals surface area contributed by atoms with E-state index in [0.29, 0.717) is 42.8 Å². The molecule has 1 aliphatic carbocycles. The van der Waals surface area contributed by atoms with Gasteiger partial charge in [0.15, 0.2) is 0 Å². The summed E-state index contributed by atoms with van der Waals surface area (Å²) in [6.45, 7) is 11.2. The molecule has 3 aliphatic rings. The minimum Gasteiger partial charge on any atom is -0.378 e. The van der Waals surface area contributed by atoms with Crippen LogP contribution in [0.25, 0.3) is 0 Å². The van der Waals surface area contributed by atoms with E-state index >= 15 is 0 Å². The van der Waals surface area contributed by atoms with Crippen molar-refractivity contribution in [3.05, 3.63) is 49.2 Å². The van der Waals surface area contributed by atoms with Crippen LogP contribution in [0.15, 0.2) is 10.9 Å². The Labute approximate surface area is 224 Å². The molecule has 202 valence electrons. The standard InChI is InChI=1S/C29H42N4O3S/c1-6-33(21-11-9-20(10-12-21)26-23(36-5)15-30-26)29-19(4)25-24(37-29)8-7-13-32(28(25)35)16-22-17(2)14-18(3)31-27(22)34/h14,20-21,23,26,30H,6-13,15-16H2,1-5H3,(H,31,34)/t20-,21-,23?,26?. The highest BCUT2D eigenvalue weighted by molar-refractivity contribution is 7.16. The predicted octanol–water partition coefficient (Wildman–Crippen LogP) is 4.32. The van der Waals surface area contributed by atoms with E-state index in [0.717, 1.165) is 48.3 Å². The highest BCUT2D eigenvalue weighted by Crippen LogP contribution is 2.42. The number of thiophene rings is 1. The van der Waals surface area contributed by atoms with E-state index in [1.807, 2.05) is 43.3 Å². The number of aromatic nitrogens is 1. The molecular weight excluding hydrogens is 484 g/mol. The fraction of sp³-hybridized carbons (Fsp3) is 0.655. The van der Waals surface area contributed by atoms with Gasteiger partial charge in [0.2, 0.25) is 0 Å². The van der Waals surface area contributed by atoms with Crippen LogP contribution in [0.3, 0.4) is 0 Å². The maximum Gasteiger partial charge on any atom is 0.255 e. The number of ether oxygens (including phenoxy) is 1. The summed E-state index contributed by atoms with van der Waals surface area (Å²) < 4.78 is 5.64. The Bertz CT molecular complexity index is 1190. The van der Waals surface area contributed by atoms with Gasteiger partial charge in [0.05, 0.1) is 23.2 Å². The molecule has 0 bridgehead atoms. The van der Waals surface area contributed by atoms with E-state index in [1.165, 1.54) is 35.6 Å². The third kappa shape index (κ3) is 5.00. The van der Waals surface area contributed by atoms with Gasteiger partial charge in [0, 0.05) is 55.0 Å². The zero-order chi connectivity index (χ0) is 26.3. The highest BCUT2D eigenvalue weighted by Gasteiger charge is 2.40. The van der Waals surface area contributed by atoms with E-state index in [-0.39, 0.29) is 11.5 Å². The summed E-state index contributed by atoms with van der Waals surface area (Å²) in [7, 11) is 1.83. The van der Waals surface area contributed by atoms with Crippen LogP contribution in [-0.4, -0.2) is 60.7 Å². The molecule has 2 unspecified atom stereocenters. The smallest absolute Gasteiger partial charge is 0.255 e. The molecule has 5 rings (SSSR count). The Morgan fingerprint density at radius 3 is 2.54 bits per heavy atom. The fourth-order valence-electron chi connectivity index (χ4n) is 6.79. The van der Waals surface area contributed by atoms with Crippen molar-refractivity contribution in [2.24, 2.45) is 5.92 Å².